The van der Waals surface area contributed by atoms with Gasteiger partial charge in [-0.1, -0.05) is 39.0 Å². The number of carbonyl (C=O) groups is 2. The second-order valence-electron chi connectivity index (χ2n) is 9.21. The molecular formula is C24H32N2O4. The maximum absolute atomic E-state index is 13.1. The number of rotatable bonds is 5. The molecule has 0 aliphatic heterocycles. The molecule has 0 radical (unpaired) electrons. The molecule has 30 heavy (non-hydrogen) atoms. The zero-order chi connectivity index (χ0) is 22.7. The highest BCUT2D eigenvalue weighted by Crippen LogP contribution is 2.39. The predicted molar refractivity (Wildman–Crippen MR) is 120 cm³/mol. The highest BCUT2D eigenvalue weighted by Gasteiger charge is 2.25. The highest BCUT2D eigenvalue weighted by molar-refractivity contribution is 6.05. The van der Waals surface area contributed by atoms with E-state index in [1.54, 1.807) is 19.2 Å². The van der Waals surface area contributed by atoms with E-state index in [9.17, 15) is 9.59 Å². The second-order valence-corrected chi connectivity index (χ2v) is 9.21. The predicted octanol–water partition coefficient (Wildman–Crippen LogP) is 4.88. The molecule has 0 aromatic heterocycles. The summed E-state index contributed by atoms with van der Waals surface area (Å²) in [5.74, 6) is 0.597. The van der Waals surface area contributed by atoms with Gasteiger partial charge >= 0.3 is 0 Å². The third-order valence-electron chi connectivity index (χ3n) is 4.40. The number of anilines is 1. The number of para-hydroxylation sites is 1. The first kappa shape index (κ1) is 23.3. The van der Waals surface area contributed by atoms with Gasteiger partial charge in [0, 0.05) is 27.8 Å². The van der Waals surface area contributed by atoms with Crippen molar-refractivity contribution in [2.45, 2.75) is 47.1 Å². The highest BCUT2D eigenvalue weighted by atomic mass is 16.5. The number of benzene rings is 2. The van der Waals surface area contributed by atoms with Gasteiger partial charge in [-0.3, -0.25) is 9.59 Å². The molecule has 2 N–H and O–H groups in total. The van der Waals surface area contributed by atoms with Crippen LogP contribution in [0.1, 0.15) is 51.9 Å². The van der Waals surface area contributed by atoms with E-state index < -0.39 is 11.0 Å². The summed E-state index contributed by atoms with van der Waals surface area (Å²) >= 11 is 0. The third-order valence-corrected chi connectivity index (χ3v) is 4.40. The average molecular weight is 413 g/mol. The lowest BCUT2D eigenvalue weighted by Crippen LogP contribution is -2.40. The van der Waals surface area contributed by atoms with Crippen LogP contribution in [0.15, 0.2) is 36.4 Å². The van der Waals surface area contributed by atoms with Crippen LogP contribution in [0.2, 0.25) is 0 Å². The summed E-state index contributed by atoms with van der Waals surface area (Å²) in [6.07, 6.45) is 0. The first-order valence-electron chi connectivity index (χ1n) is 9.87. The molecule has 0 saturated carbocycles. The Balaban J connectivity index is 2.68. The van der Waals surface area contributed by atoms with Gasteiger partial charge in [0.2, 0.25) is 5.91 Å². The van der Waals surface area contributed by atoms with Crippen LogP contribution in [0.5, 0.6) is 11.5 Å². The SMILES string of the molecule is COc1cc(C(=O)NC(C)(C)C)c(-c2ccccc2NC(=O)C(C)(C)C)cc1OC. The van der Waals surface area contributed by atoms with Crippen molar-refractivity contribution in [3.05, 3.63) is 42.0 Å². The van der Waals surface area contributed by atoms with E-state index in [-0.39, 0.29) is 11.8 Å². The van der Waals surface area contributed by atoms with E-state index in [0.717, 1.165) is 5.56 Å². The van der Waals surface area contributed by atoms with Crippen LogP contribution in [0.4, 0.5) is 5.69 Å². The molecule has 0 aliphatic carbocycles. The second kappa shape index (κ2) is 8.78. The molecule has 0 aliphatic rings. The fourth-order valence-electron chi connectivity index (χ4n) is 2.83. The van der Waals surface area contributed by atoms with Crippen molar-refractivity contribution >= 4 is 17.5 Å². The molecule has 2 aromatic rings. The van der Waals surface area contributed by atoms with Crippen LogP contribution >= 0.6 is 0 Å². The Labute approximate surface area is 179 Å². The van der Waals surface area contributed by atoms with Crippen molar-refractivity contribution in [1.82, 2.24) is 5.32 Å². The lowest BCUT2D eigenvalue weighted by molar-refractivity contribution is -0.123. The quantitative estimate of drug-likeness (QED) is 0.733. The van der Waals surface area contributed by atoms with E-state index in [0.29, 0.717) is 28.3 Å². The number of hydrogen-bond donors (Lipinski definition) is 2. The minimum absolute atomic E-state index is 0.115. The van der Waals surface area contributed by atoms with Crippen molar-refractivity contribution in [3.8, 4) is 22.6 Å². The molecule has 0 heterocycles. The summed E-state index contributed by atoms with van der Waals surface area (Å²) in [7, 11) is 3.07. The van der Waals surface area contributed by atoms with E-state index in [4.69, 9.17) is 9.47 Å². The van der Waals surface area contributed by atoms with Crippen molar-refractivity contribution in [2.75, 3.05) is 19.5 Å². The van der Waals surface area contributed by atoms with Crippen LogP contribution in [0.25, 0.3) is 11.1 Å². The lowest BCUT2D eigenvalue weighted by Gasteiger charge is -2.24. The molecule has 6 heteroatoms. The summed E-state index contributed by atoms with van der Waals surface area (Å²) < 4.78 is 10.9. The van der Waals surface area contributed by atoms with Crippen molar-refractivity contribution in [3.63, 3.8) is 0 Å². The van der Waals surface area contributed by atoms with Crippen LogP contribution in [0, 0.1) is 5.41 Å². The smallest absolute Gasteiger partial charge is 0.252 e. The molecule has 2 aromatic carbocycles. The maximum atomic E-state index is 13.1. The first-order valence-corrected chi connectivity index (χ1v) is 9.87. The summed E-state index contributed by atoms with van der Waals surface area (Å²) in [6, 6.07) is 10.8. The van der Waals surface area contributed by atoms with E-state index >= 15 is 0 Å². The van der Waals surface area contributed by atoms with Gasteiger partial charge in [0.1, 0.15) is 0 Å². The molecule has 6 nitrogen and oxygen atoms in total. The Morgan fingerprint density at radius 3 is 1.93 bits per heavy atom. The van der Waals surface area contributed by atoms with Gasteiger partial charge in [-0.05, 0) is 39.0 Å². The molecule has 0 atom stereocenters. The third kappa shape index (κ3) is 5.53. The minimum Gasteiger partial charge on any atom is -0.493 e. The van der Waals surface area contributed by atoms with Crippen molar-refractivity contribution in [1.29, 1.82) is 0 Å². The van der Waals surface area contributed by atoms with Gasteiger partial charge in [-0.15, -0.1) is 0 Å². The number of amides is 2. The molecule has 2 amide bonds. The fraction of sp³-hybridized carbons (Fsp3) is 0.417. The zero-order valence-electron chi connectivity index (χ0n) is 19.1. The fourth-order valence-corrected chi connectivity index (χ4v) is 2.83. The van der Waals surface area contributed by atoms with E-state index in [1.807, 2.05) is 65.8 Å². The van der Waals surface area contributed by atoms with Gasteiger partial charge in [-0.25, -0.2) is 0 Å². The van der Waals surface area contributed by atoms with Crippen molar-refractivity contribution < 1.29 is 19.1 Å². The molecule has 0 spiro atoms. The number of methoxy groups -OCH3 is 2. The Morgan fingerprint density at radius 1 is 0.833 bits per heavy atom. The van der Waals surface area contributed by atoms with Crippen LogP contribution < -0.4 is 20.1 Å². The Hall–Kier alpha value is -3.02. The molecule has 0 bridgehead atoms. The largest absolute Gasteiger partial charge is 0.493 e. The Kier molecular flexibility index (Phi) is 6.80. The normalized spacial score (nSPS) is 11.6. The molecule has 2 rings (SSSR count). The average Bonchev–Trinajstić information content (AvgIpc) is 2.65. The number of hydrogen-bond acceptors (Lipinski definition) is 4. The standard InChI is InChI=1S/C24H32N2O4/c1-23(2,3)22(28)25-18-12-10-9-11-15(18)16-13-19(29-7)20(30-8)14-17(16)21(27)26-24(4,5)6/h9-14H,1-8H3,(H,25,28)(H,26,27). The summed E-state index contributed by atoms with van der Waals surface area (Å²) in [5, 5.41) is 5.98. The maximum Gasteiger partial charge on any atom is 0.252 e. The van der Waals surface area contributed by atoms with Gasteiger partial charge in [0.05, 0.1) is 19.8 Å². The summed E-state index contributed by atoms with van der Waals surface area (Å²) in [4.78, 5) is 25.7. The number of carbonyl (C=O) groups excluding carboxylic acids is 2. The lowest BCUT2D eigenvalue weighted by atomic mass is 9.93. The number of ether oxygens (including phenoxy) is 2. The van der Waals surface area contributed by atoms with Gasteiger partial charge in [0.25, 0.3) is 5.91 Å². The summed E-state index contributed by atoms with van der Waals surface area (Å²) in [5.41, 5.74) is 1.43. The molecular weight excluding hydrogens is 380 g/mol. The van der Waals surface area contributed by atoms with Gasteiger partial charge in [-0.2, -0.15) is 0 Å². The summed E-state index contributed by atoms with van der Waals surface area (Å²) in [6.45, 7) is 11.3. The monoisotopic (exact) mass is 412 g/mol. The molecule has 162 valence electrons. The van der Waals surface area contributed by atoms with E-state index in [2.05, 4.69) is 10.6 Å². The molecule has 0 unspecified atom stereocenters. The van der Waals surface area contributed by atoms with Gasteiger partial charge in [0.15, 0.2) is 11.5 Å². The van der Waals surface area contributed by atoms with Gasteiger partial charge < -0.3 is 20.1 Å². The topological polar surface area (TPSA) is 76.7 Å². The first-order chi connectivity index (χ1) is 13.9. The molecule has 0 saturated heterocycles. The van der Waals surface area contributed by atoms with E-state index in [1.165, 1.54) is 7.11 Å². The Morgan fingerprint density at radius 2 is 1.40 bits per heavy atom. The van der Waals surface area contributed by atoms with Crippen LogP contribution in [-0.2, 0) is 4.79 Å². The van der Waals surface area contributed by atoms with Crippen LogP contribution in [0.3, 0.4) is 0 Å². The van der Waals surface area contributed by atoms with Crippen molar-refractivity contribution in [2.24, 2.45) is 5.41 Å². The number of nitrogens with one attached hydrogen (secondary N) is 2. The zero-order valence-corrected chi connectivity index (χ0v) is 19.1. The van der Waals surface area contributed by atoms with Crippen LogP contribution in [-0.4, -0.2) is 31.6 Å². The minimum atomic E-state index is -0.558. The molecule has 0 fully saturated rings. The Bertz CT molecular complexity index is 937.